The van der Waals surface area contributed by atoms with Gasteiger partial charge in [0.1, 0.15) is 12.3 Å². The Labute approximate surface area is 319 Å². The van der Waals surface area contributed by atoms with Gasteiger partial charge in [0.05, 0.1) is 42.3 Å². The van der Waals surface area contributed by atoms with Gasteiger partial charge >= 0.3 is 25.2 Å². The number of benzene rings is 5. The molecule has 50 heavy (non-hydrogen) atoms. The van der Waals surface area contributed by atoms with Crippen molar-refractivity contribution in [2.75, 3.05) is 17.5 Å². The second-order valence-electron chi connectivity index (χ2n) is 10.8. The summed E-state index contributed by atoms with van der Waals surface area (Å²) >= 11 is 6.90. The molecule has 7 rings (SSSR count). The van der Waals surface area contributed by atoms with Crippen molar-refractivity contribution < 1.29 is 23.9 Å². The van der Waals surface area contributed by atoms with Gasteiger partial charge < -0.3 is 4.42 Å². The quantitative estimate of drug-likeness (QED) is 0.0455. The van der Waals surface area contributed by atoms with Gasteiger partial charge in [-0.2, -0.15) is 18.2 Å². The second kappa shape index (κ2) is 22.3. The number of halogens is 1. The summed E-state index contributed by atoms with van der Waals surface area (Å²) in [5.41, 5.74) is 1.55. The van der Waals surface area contributed by atoms with E-state index in [-0.39, 0.29) is 19.5 Å². The summed E-state index contributed by atoms with van der Waals surface area (Å²) in [5, 5.41) is 6.92. The molecule has 0 radical (unpaired) electrons. The van der Waals surface area contributed by atoms with Crippen LogP contribution in [0.15, 0.2) is 196 Å². The first kappa shape index (κ1) is 39.2. The van der Waals surface area contributed by atoms with Crippen molar-refractivity contribution in [3.05, 3.63) is 199 Å². The SMILES string of the molecule is O=c1nc(SCCl)c(-c2ccccc2)[c-]o1.[Ru+6].c1cc[cH-]c1.c1ccc([PH+](CC[PH+](c2ccccc2)c2ccccc2)c2ccccc2)cc1. The maximum absolute atomic E-state index is 11.0. The van der Waals surface area contributed by atoms with Gasteiger partial charge in [0, 0.05) is 11.3 Å². The van der Waals surface area contributed by atoms with Gasteiger partial charge in [-0.3, -0.25) is 9.78 Å². The van der Waals surface area contributed by atoms with E-state index in [0.29, 0.717) is 15.8 Å². The first-order chi connectivity index (χ1) is 24.2. The van der Waals surface area contributed by atoms with Crippen LogP contribution in [0.4, 0.5) is 0 Å². The normalized spacial score (nSPS) is 10.3. The molecule has 0 unspecified atom stereocenters. The van der Waals surface area contributed by atoms with Crippen molar-refractivity contribution >= 4 is 60.4 Å². The zero-order valence-electron chi connectivity index (χ0n) is 27.3. The third-order valence-electron chi connectivity index (χ3n) is 7.57. The van der Waals surface area contributed by atoms with E-state index in [4.69, 9.17) is 11.6 Å². The summed E-state index contributed by atoms with van der Waals surface area (Å²) in [6, 6.07) is 64.0. The zero-order valence-corrected chi connectivity index (χ0v) is 32.7. The summed E-state index contributed by atoms with van der Waals surface area (Å²) < 4.78 is 4.65. The van der Waals surface area contributed by atoms with Crippen molar-refractivity contribution in [3.63, 3.8) is 0 Å². The monoisotopic (exact) mass is 819 g/mol. The van der Waals surface area contributed by atoms with Crippen molar-refractivity contribution in [3.8, 4) is 11.1 Å². The number of hydrogen-bond acceptors (Lipinski definition) is 4. The van der Waals surface area contributed by atoms with E-state index in [0.717, 1.165) is 5.56 Å². The molecule has 7 aromatic rings. The Balaban J connectivity index is 0.000000214. The Hall–Kier alpha value is -3.55. The minimum Gasteiger partial charge on any atom is -0.506 e. The van der Waals surface area contributed by atoms with Crippen molar-refractivity contribution in [1.29, 1.82) is 0 Å². The third kappa shape index (κ3) is 12.3. The predicted octanol–water partition coefficient (Wildman–Crippen LogP) is 8.91. The molecular formula is C42H38ClNO2P2RuS+6. The topological polar surface area (TPSA) is 43.1 Å². The molecule has 0 bridgehead atoms. The van der Waals surface area contributed by atoms with Crippen LogP contribution in [0.2, 0.25) is 0 Å². The van der Waals surface area contributed by atoms with E-state index in [1.165, 1.54) is 45.3 Å². The number of thioether (sulfide) groups is 1. The summed E-state index contributed by atoms with van der Waals surface area (Å²) in [6.07, 6.45) is 5.10. The van der Waals surface area contributed by atoms with Crippen LogP contribution < -0.4 is 27.0 Å². The molecule has 0 aliphatic carbocycles. The smallest absolute Gasteiger partial charge is 0.506 e. The molecule has 1 heterocycles. The molecule has 0 aliphatic heterocycles. The van der Waals surface area contributed by atoms with Gasteiger partial charge in [0.2, 0.25) is 0 Å². The Bertz CT molecular complexity index is 1770. The van der Waals surface area contributed by atoms with E-state index >= 15 is 0 Å². The van der Waals surface area contributed by atoms with Crippen molar-refractivity contribution in [2.45, 2.75) is 5.03 Å². The number of hydrogen-bond donors (Lipinski definition) is 0. The number of nitrogens with zero attached hydrogens (tertiary/aromatic N) is 1. The van der Waals surface area contributed by atoms with Crippen LogP contribution in [0.1, 0.15) is 0 Å². The summed E-state index contributed by atoms with van der Waals surface area (Å²) in [5.74, 6) is -0.660. The fraction of sp³-hybridized carbons (Fsp3) is 0.0714. The van der Waals surface area contributed by atoms with Crippen LogP contribution >= 0.6 is 39.2 Å². The Morgan fingerprint density at radius 3 is 1.32 bits per heavy atom. The Morgan fingerprint density at radius 2 is 0.980 bits per heavy atom. The van der Waals surface area contributed by atoms with Gasteiger partial charge in [-0.05, 0) is 48.5 Å². The van der Waals surface area contributed by atoms with Crippen LogP contribution in [0.5, 0.6) is 0 Å². The van der Waals surface area contributed by atoms with Crippen molar-refractivity contribution in [1.82, 2.24) is 4.98 Å². The minimum absolute atomic E-state index is 0. The molecule has 0 saturated carbocycles. The maximum atomic E-state index is 11.0. The molecular weight excluding hydrogens is 781 g/mol. The number of rotatable bonds is 10. The zero-order chi connectivity index (χ0) is 33.9. The predicted molar refractivity (Wildman–Crippen MR) is 216 cm³/mol. The fourth-order valence-electron chi connectivity index (χ4n) is 5.28. The van der Waals surface area contributed by atoms with E-state index in [2.05, 4.69) is 137 Å². The average Bonchev–Trinajstić information content (AvgIpc) is 3.77. The van der Waals surface area contributed by atoms with Gasteiger partial charge in [0.25, 0.3) is 0 Å². The van der Waals surface area contributed by atoms with Crippen LogP contribution in [-0.2, 0) is 19.5 Å². The second-order valence-corrected chi connectivity index (χ2v) is 17.5. The molecule has 6 aromatic carbocycles. The summed E-state index contributed by atoms with van der Waals surface area (Å²) in [4.78, 5) is 14.7. The third-order valence-corrected chi connectivity index (χ3v) is 14.7. The molecule has 0 saturated heterocycles. The molecule has 0 spiro atoms. The minimum atomic E-state index is -0.783. The molecule has 8 heteroatoms. The van der Waals surface area contributed by atoms with E-state index in [1.54, 1.807) is 0 Å². The first-order valence-corrected chi connectivity index (χ1v) is 20.9. The number of alkyl halides is 1. The Kier molecular flexibility index (Phi) is 17.5. The number of aromatic nitrogens is 1. The summed E-state index contributed by atoms with van der Waals surface area (Å²) in [6.45, 7) is 0. The van der Waals surface area contributed by atoms with Gasteiger partial charge in [-0.25, -0.2) is 12.1 Å². The van der Waals surface area contributed by atoms with Gasteiger partial charge in [-0.15, -0.1) is 23.4 Å². The molecule has 0 aliphatic rings. The molecule has 0 fully saturated rings. The largest absolute Gasteiger partial charge is 6.00 e. The van der Waals surface area contributed by atoms with E-state index in [1.807, 2.05) is 60.7 Å². The fourth-order valence-corrected chi connectivity index (χ4v) is 12.3. The van der Waals surface area contributed by atoms with Gasteiger partial charge in [-0.1, -0.05) is 114 Å². The van der Waals surface area contributed by atoms with E-state index < -0.39 is 21.6 Å². The standard InChI is InChI=1S/C26H24P2.C11H7ClNO2S.C5H5.Ru/c1-5-13-23(14-6-1)27(24-15-7-2-8-16-24)21-22-28(25-17-9-3-10-18-25)26-19-11-4-12-20-26;12-7-16-10-9(6-15-11(14)13-10)8-4-2-1-3-5-8;1-2-4-5-3-1;/h1-20H,21-22H2;1-5H,7H2;1-5H;/q;2*-1;+6/p+2. The van der Waals surface area contributed by atoms with Crippen molar-refractivity contribution in [2.24, 2.45) is 0 Å². The van der Waals surface area contributed by atoms with Gasteiger partial charge in [0.15, 0.2) is 0 Å². The van der Waals surface area contributed by atoms with Crippen LogP contribution in [0.3, 0.4) is 0 Å². The average molecular weight is 819 g/mol. The van der Waals surface area contributed by atoms with Crippen LogP contribution in [-0.4, -0.2) is 22.5 Å². The molecule has 0 atom stereocenters. The Morgan fingerprint density at radius 1 is 0.600 bits per heavy atom. The molecule has 248 valence electrons. The first-order valence-electron chi connectivity index (χ1n) is 16.0. The van der Waals surface area contributed by atoms with E-state index in [9.17, 15) is 4.79 Å². The maximum Gasteiger partial charge on any atom is 6.00 e. The van der Waals surface area contributed by atoms with Crippen LogP contribution in [0.25, 0.3) is 11.1 Å². The molecule has 0 amide bonds. The molecule has 0 N–H and O–H groups in total. The summed E-state index contributed by atoms with van der Waals surface area (Å²) in [7, 11) is -1.57. The molecule has 3 nitrogen and oxygen atoms in total. The molecule has 1 aromatic heterocycles. The van der Waals surface area contributed by atoms with Crippen LogP contribution in [0, 0.1) is 6.26 Å².